The van der Waals surface area contributed by atoms with Gasteiger partial charge in [0.2, 0.25) is 0 Å². The van der Waals surface area contributed by atoms with Crippen molar-refractivity contribution >= 4 is 19.8 Å². The Balaban J connectivity index is 4.08. The molecule has 0 aliphatic carbocycles. The van der Waals surface area contributed by atoms with Crippen LogP contribution < -0.4 is 0 Å². The van der Waals surface area contributed by atoms with E-state index in [0.29, 0.717) is 23.9 Å². The normalized spacial score (nSPS) is 13.3. The van der Waals surface area contributed by atoms with Gasteiger partial charge in [0.05, 0.1) is 27.7 Å². The quantitative estimate of drug-likeness (QED) is 0.0211. The maximum absolute atomic E-state index is 12.8. The molecule has 0 rings (SSSR count). The van der Waals surface area contributed by atoms with Crippen LogP contribution >= 0.6 is 7.82 Å². The van der Waals surface area contributed by atoms with Crippen LogP contribution in [0.5, 0.6) is 0 Å². The van der Waals surface area contributed by atoms with Gasteiger partial charge < -0.3 is 18.9 Å². The van der Waals surface area contributed by atoms with Crippen molar-refractivity contribution in [3.8, 4) is 0 Å². The summed E-state index contributed by atoms with van der Waals surface area (Å²) in [4.78, 5) is 35.7. The van der Waals surface area contributed by atoms with Crippen LogP contribution in [0, 0.1) is 0 Å². The predicted molar refractivity (Wildman–Crippen MR) is 303 cm³/mol. The lowest BCUT2D eigenvalue weighted by molar-refractivity contribution is -0.870. The van der Waals surface area contributed by atoms with Crippen molar-refractivity contribution in [2.24, 2.45) is 0 Å². The second-order valence-corrected chi connectivity index (χ2v) is 23.9. The van der Waals surface area contributed by atoms with E-state index >= 15 is 0 Å². The molecule has 10 heteroatoms. The molecule has 0 aromatic heterocycles. The topological polar surface area (TPSA) is 108 Å². The highest BCUT2D eigenvalue weighted by Gasteiger charge is 2.27. The number of quaternary nitrogens is 1. The van der Waals surface area contributed by atoms with Gasteiger partial charge in [-0.15, -0.1) is 0 Å². The molecule has 0 saturated heterocycles. The van der Waals surface area contributed by atoms with E-state index < -0.39 is 26.5 Å². The minimum Gasteiger partial charge on any atom is -0.462 e. The fourth-order valence-electron chi connectivity index (χ4n) is 9.25. The van der Waals surface area contributed by atoms with E-state index in [9.17, 15) is 19.0 Å². The Kier molecular flexibility index (Phi) is 52.6. The molecule has 422 valence electrons. The predicted octanol–water partition coefficient (Wildman–Crippen LogP) is 19.2. The fraction of sp³-hybridized carbons (Fsp3) is 0.934. The monoisotopic (exact) mass is 1030 g/mol. The van der Waals surface area contributed by atoms with E-state index in [1.807, 2.05) is 21.1 Å². The van der Waals surface area contributed by atoms with E-state index in [2.05, 4.69) is 26.0 Å². The second kappa shape index (κ2) is 53.6. The zero-order chi connectivity index (χ0) is 52.0. The molecule has 71 heavy (non-hydrogen) atoms. The maximum Gasteiger partial charge on any atom is 0.472 e. The van der Waals surface area contributed by atoms with Crippen LogP contribution in [0.15, 0.2) is 12.2 Å². The highest BCUT2D eigenvalue weighted by Crippen LogP contribution is 2.43. The number of unbranched alkanes of at least 4 members (excludes halogenated alkanes) is 42. The third-order valence-electron chi connectivity index (χ3n) is 14.0. The van der Waals surface area contributed by atoms with E-state index in [1.165, 1.54) is 250 Å². The number of rotatable bonds is 58. The standard InChI is InChI=1S/C61H120NO8P/c1-6-8-10-12-14-16-18-20-22-24-26-28-30-31-32-34-36-38-40-42-44-46-48-50-52-54-61(64)70-59(58-69-71(65,66)68-56-55-62(3,4)5)57-67-60(63)53-51-49-47-45-43-41-39-37-35-33-29-27-25-23-21-19-17-15-13-11-9-7-2/h24,26,59H,6-23,25,27-58H2,1-5H3/p+1/b26-24-. The smallest absolute Gasteiger partial charge is 0.462 e. The summed E-state index contributed by atoms with van der Waals surface area (Å²) in [6.45, 7) is 4.50. The molecule has 0 radical (unpaired) electrons. The Bertz CT molecular complexity index is 1210. The first kappa shape index (κ1) is 69.8. The molecule has 0 aliphatic rings. The first-order valence-electron chi connectivity index (χ1n) is 30.9. The minimum absolute atomic E-state index is 0.0359. The third kappa shape index (κ3) is 57.9. The first-order chi connectivity index (χ1) is 34.5. The van der Waals surface area contributed by atoms with Crippen LogP contribution in [0.25, 0.3) is 0 Å². The van der Waals surface area contributed by atoms with Crippen LogP contribution in [0.3, 0.4) is 0 Å². The number of ether oxygens (including phenoxy) is 2. The van der Waals surface area contributed by atoms with Gasteiger partial charge in [-0.3, -0.25) is 18.6 Å². The summed E-state index contributed by atoms with van der Waals surface area (Å²) in [5.41, 5.74) is 0. The molecule has 0 fully saturated rings. The summed E-state index contributed by atoms with van der Waals surface area (Å²) in [6, 6.07) is 0. The summed E-state index contributed by atoms with van der Waals surface area (Å²) < 4.78 is 34.6. The molecule has 0 bridgehead atoms. The lowest BCUT2D eigenvalue weighted by Crippen LogP contribution is -2.37. The second-order valence-electron chi connectivity index (χ2n) is 22.5. The number of phosphoric ester groups is 1. The lowest BCUT2D eigenvalue weighted by Gasteiger charge is -2.24. The summed E-state index contributed by atoms with van der Waals surface area (Å²) >= 11 is 0. The van der Waals surface area contributed by atoms with Gasteiger partial charge in [-0.2, -0.15) is 0 Å². The average molecular weight is 1030 g/mol. The van der Waals surface area contributed by atoms with Gasteiger partial charge in [-0.25, -0.2) is 4.57 Å². The molecule has 0 saturated carbocycles. The van der Waals surface area contributed by atoms with Crippen molar-refractivity contribution in [3.63, 3.8) is 0 Å². The SMILES string of the molecule is CCCCCCCCCC/C=C\CCCCCCCCCCCCCCCC(=O)OC(COC(=O)CCCCCCCCCCCCCCCCCCCCCCCC)COP(=O)(O)OCC[N+](C)(C)C. The molecule has 0 aromatic carbocycles. The van der Waals surface area contributed by atoms with Crippen molar-refractivity contribution in [2.75, 3.05) is 47.5 Å². The van der Waals surface area contributed by atoms with Gasteiger partial charge in [0.25, 0.3) is 0 Å². The Morgan fingerprint density at radius 3 is 1.04 bits per heavy atom. The Hall–Kier alpha value is -1.25. The van der Waals surface area contributed by atoms with E-state index in [0.717, 1.165) is 32.1 Å². The van der Waals surface area contributed by atoms with Crippen LogP contribution in [0.4, 0.5) is 0 Å². The number of phosphoric acid groups is 1. The zero-order valence-electron chi connectivity index (χ0n) is 48.0. The highest BCUT2D eigenvalue weighted by atomic mass is 31.2. The number of carbonyl (C=O) groups is 2. The third-order valence-corrected chi connectivity index (χ3v) is 15.0. The van der Waals surface area contributed by atoms with Gasteiger partial charge in [-0.1, -0.05) is 276 Å². The Morgan fingerprint density at radius 1 is 0.423 bits per heavy atom. The zero-order valence-corrected chi connectivity index (χ0v) is 48.9. The van der Waals surface area contributed by atoms with Crippen LogP contribution in [-0.4, -0.2) is 74.9 Å². The van der Waals surface area contributed by atoms with Gasteiger partial charge in [0.1, 0.15) is 19.8 Å². The molecule has 0 amide bonds. The maximum atomic E-state index is 12.8. The van der Waals surface area contributed by atoms with Crippen molar-refractivity contribution in [3.05, 3.63) is 12.2 Å². The summed E-state index contributed by atoms with van der Waals surface area (Å²) in [5.74, 6) is -0.776. The van der Waals surface area contributed by atoms with Crippen LogP contribution in [0.2, 0.25) is 0 Å². The van der Waals surface area contributed by atoms with Gasteiger partial charge >= 0.3 is 19.8 Å². The number of nitrogens with zero attached hydrogens (tertiary/aromatic N) is 1. The number of allylic oxidation sites excluding steroid dienone is 2. The Labute approximate surface area is 441 Å². The Morgan fingerprint density at radius 2 is 0.718 bits per heavy atom. The van der Waals surface area contributed by atoms with Crippen molar-refractivity contribution in [1.29, 1.82) is 0 Å². The number of hydrogen-bond acceptors (Lipinski definition) is 7. The van der Waals surface area contributed by atoms with E-state index in [-0.39, 0.29) is 25.6 Å². The van der Waals surface area contributed by atoms with Gasteiger partial charge in [0, 0.05) is 12.8 Å². The number of hydrogen-bond donors (Lipinski definition) is 1. The molecule has 0 aliphatic heterocycles. The summed E-state index contributed by atoms with van der Waals surface area (Å²) in [7, 11) is 1.50. The van der Waals surface area contributed by atoms with Crippen molar-refractivity contribution in [2.45, 2.75) is 322 Å². The summed E-state index contributed by atoms with van der Waals surface area (Å²) in [6.07, 6.45) is 62.9. The van der Waals surface area contributed by atoms with Gasteiger partial charge in [0.15, 0.2) is 6.10 Å². The molecule has 9 nitrogen and oxygen atoms in total. The molecule has 1 N–H and O–H groups in total. The number of esters is 2. The van der Waals surface area contributed by atoms with Crippen molar-refractivity contribution in [1.82, 2.24) is 0 Å². The minimum atomic E-state index is -4.38. The average Bonchev–Trinajstić information content (AvgIpc) is 3.33. The first-order valence-corrected chi connectivity index (χ1v) is 32.4. The fourth-order valence-corrected chi connectivity index (χ4v) is 9.99. The lowest BCUT2D eigenvalue weighted by atomic mass is 10.0. The number of carbonyl (C=O) groups excluding carboxylic acids is 2. The molecule has 0 spiro atoms. The molecular formula is C61H121NO8P+. The van der Waals surface area contributed by atoms with E-state index in [1.54, 1.807) is 0 Å². The molecule has 2 unspecified atom stereocenters. The van der Waals surface area contributed by atoms with Gasteiger partial charge in [-0.05, 0) is 38.5 Å². The molecule has 2 atom stereocenters. The highest BCUT2D eigenvalue weighted by molar-refractivity contribution is 7.47. The van der Waals surface area contributed by atoms with Crippen LogP contribution in [0.1, 0.15) is 316 Å². The molecule has 0 heterocycles. The summed E-state index contributed by atoms with van der Waals surface area (Å²) in [5, 5.41) is 0. The molecule has 0 aromatic rings. The van der Waals surface area contributed by atoms with E-state index in [4.69, 9.17) is 18.5 Å². The largest absolute Gasteiger partial charge is 0.472 e. The van der Waals surface area contributed by atoms with Crippen LogP contribution in [-0.2, 0) is 32.7 Å². The molecular weight excluding hydrogens is 906 g/mol. The number of likely N-dealkylation sites (N-methyl/N-ethyl adjacent to an activating group) is 1. The van der Waals surface area contributed by atoms with Crippen molar-refractivity contribution < 1.29 is 42.1 Å².